The molecule has 0 aliphatic carbocycles. The summed E-state index contributed by atoms with van der Waals surface area (Å²) in [4.78, 5) is 14.6. The van der Waals surface area contributed by atoms with Gasteiger partial charge in [-0.2, -0.15) is 0 Å². The van der Waals surface area contributed by atoms with Gasteiger partial charge in [0.25, 0.3) is 5.91 Å². The molecule has 2 heterocycles. The summed E-state index contributed by atoms with van der Waals surface area (Å²) in [5.74, 6) is 0.614. The van der Waals surface area contributed by atoms with Gasteiger partial charge in [-0.3, -0.25) is 9.69 Å². The highest BCUT2D eigenvalue weighted by atomic mass is 16.6. The van der Waals surface area contributed by atoms with E-state index in [1.807, 2.05) is 24.3 Å². The second-order valence-corrected chi connectivity index (χ2v) is 7.46. The third-order valence-electron chi connectivity index (χ3n) is 5.25. The molecule has 1 saturated heterocycles. The number of methoxy groups -OCH3 is 1. The molecule has 1 aromatic heterocycles. The number of fused-ring (bicyclic) bond motifs is 1. The molecule has 4 rings (SSSR count). The molecular weight excluding hydrogens is 384 g/mol. The third-order valence-corrected chi connectivity index (χ3v) is 5.25. The molecule has 158 valence electrons. The van der Waals surface area contributed by atoms with Crippen LogP contribution in [0.1, 0.15) is 28.8 Å². The van der Waals surface area contributed by atoms with E-state index < -0.39 is 0 Å². The van der Waals surface area contributed by atoms with Crippen LogP contribution in [0, 0.1) is 0 Å². The molecule has 3 aromatic rings. The number of likely N-dealkylation sites (tertiary alicyclic amines) is 1. The molecule has 1 aliphatic rings. The number of benzene rings is 2. The topological polar surface area (TPSA) is 89.7 Å². The summed E-state index contributed by atoms with van der Waals surface area (Å²) in [6.45, 7) is 3.75. The molecule has 1 aliphatic heterocycles. The van der Waals surface area contributed by atoms with Crippen molar-refractivity contribution in [3.05, 3.63) is 53.6 Å². The van der Waals surface area contributed by atoms with Crippen molar-refractivity contribution in [1.29, 1.82) is 0 Å². The summed E-state index contributed by atoms with van der Waals surface area (Å²) in [5.41, 5.74) is 3.36. The average Bonchev–Trinajstić information content (AvgIpc) is 3.23. The molecule has 0 atom stereocenters. The predicted molar refractivity (Wildman–Crippen MR) is 111 cm³/mol. The Morgan fingerprint density at radius 1 is 1.17 bits per heavy atom. The van der Waals surface area contributed by atoms with Crippen LogP contribution >= 0.6 is 0 Å². The van der Waals surface area contributed by atoms with Crippen LogP contribution in [-0.4, -0.2) is 60.6 Å². The largest absolute Gasteiger partial charge is 0.490 e. The van der Waals surface area contributed by atoms with E-state index in [0.29, 0.717) is 18.7 Å². The van der Waals surface area contributed by atoms with E-state index in [1.54, 1.807) is 19.2 Å². The van der Waals surface area contributed by atoms with Gasteiger partial charge in [0.2, 0.25) is 0 Å². The van der Waals surface area contributed by atoms with Gasteiger partial charge in [0, 0.05) is 38.9 Å². The fourth-order valence-corrected chi connectivity index (χ4v) is 3.64. The van der Waals surface area contributed by atoms with E-state index in [2.05, 4.69) is 26.6 Å². The Labute approximate surface area is 175 Å². The zero-order chi connectivity index (χ0) is 20.8. The van der Waals surface area contributed by atoms with Crippen LogP contribution in [0.15, 0.2) is 47.1 Å². The molecule has 0 bridgehead atoms. The highest BCUT2D eigenvalue weighted by Crippen LogP contribution is 2.22. The van der Waals surface area contributed by atoms with Crippen molar-refractivity contribution in [3.8, 4) is 5.75 Å². The lowest BCUT2D eigenvalue weighted by Crippen LogP contribution is -2.37. The molecule has 1 amide bonds. The summed E-state index contributed by atoms with van der Waals surface area (Å²) in [7, 11) is 1.61. The number of amides is 1. The average molecular weight is 410 g/mol. The summed E-state index contributed by atoms with van der Waals surface area (Å²) in [6.07, 6.45) is 2.03. The van der Waals surface area contributed by atoms with Gasteiger partial charge in [-0.05, 0) is 59.1 Å². The molecule has 1 fully saturated rings. The van der Waals surface area contributed by atoms with Gasteiger partial charge in [0.15, 0.2) is 0 Å². The molecule has 1 N–H and O–H groups in total. The first kappa shape index (κ1) is 20.3. The second kappa shape index (κ2) is 9.69. The Kier molecular flexibility index (Phi) is 6.56. The van der Waals surface area contributed by atoms with E-state index in [1.165, 1.54) is 5.56 Å². The van der Waals surface area contributed by atoms with E-state index in [4.69, 9.17) is 14.1 Å². The number of hydrogen-bond acceptors (Lipinski definition) is 7. The first-order chi connectivity index (χ1) is 14.7. The summed E-state index contributed by atoms with van der Waals surface area (Å²) < 4.78 is 15.9. The number of carbonyl (C=O) groups is 1. The minimum Gasteiger partial charge on any atom is -0.490 e. The lowest BCUT2D eigenvalue weighted by molar-refractivity contribution is 0.0925. The smallest absolute Gasteiger partial charge is 0.251 e. The zero-order valence-electron chi connectivity index (χ0n) is 17.0. The Morgan fingerprint density at radius 2 is 2.00 bits per heavy atom. The molecule has 0 unspecified atom stereocenters. The number of aromatic nitrogens is 2. The third kappa shape index (κ3) is 5.14. The van der Waals surface area contributed by atoms with E-state index in [9.17, 15) is 4.79 Å². The lowest BCUT2D eigenvalue weighted by Gasteiger charge is -2.32. The van der Waals surface area contributed by atoms with Crippen LogP contribution in [0.3, 0.4) is 0 Å². The summed E-state index contributed by atoms with van der Waals surface area (Å²) in [5, 5.41) is 10.6. The Morgan fingerprint density at radius 3 is 2.83 bits per heavy atom. The lowest BCUT2D eigenvalue weighted by atomic mass is 10.1. The maximum Gasteiger partial charge on any atom is 0.251 e. The van der Waals surface area contributed by atoms with E-state index in [0.717, 1.165) is 49.3 Å². The summed E-state index contributed by atoms with van der Waals surface area (Å²) >= 11 is 0. The Bertz CT molecular complexity index is 982. The number of carbonyl (C=O) groups excluding carboxylic acids is 1. The van der Waals surface area contributed by atoms with Gasteiger partial charge in [0.1, 0.15) is 22.9 Å². The van der Waals surface area contributed by atoms with Gasteiger partial charge in [0.05, 0.1) is 6.61 Å². The number of rotatable bonds is 8. The van der Waals surface area contributed by atoms with Crippen LogP contribution in [0.25, 0.3) is 11.0 Å². The fraction of sp³-hybridized carbons (Fsp3) is 0.409. The van der Waals surface area contributed by atoms with Gasteiger partial charge in [-0.15, -0.1) is 0 Å². The number of hydrogen-bond donors (Lipinski definition) is 1. The summed E-state index contributed by atoms with van der Waals surface area (Å²) in [6, 6.07) is 13.4. The van der Waals surface area contributed by atoms with Crippen molar-refractivity contribution in [2.24, 2.45) is 0 Å². The number of nitrogens with zero attached hydrogens (tertiary/aromatic N) is 3. The molecule has 0 spiro atoms. The number of nitrogens with one attached hydrogen (secondary N) is 1. The Hall–Kier alpha value is -2.97. The van der Waals surface area contributed by atoms with E-state index >= 15 is 0 Å². The Balaban J connectivity index is 1.27. The van der Waals surface area contributed by atoms with Crippen molar-refractivity contribution in [2.45, 2.75) is 25.5 Å². The van der Waals surface area contributed by atoms with Crippen LogP contribution in [-0.2, 0) is 11.3 Å². The molecule has 30 heavy (non-hydrogen) atoms. The predicted octanol–water partition coefficient (Wildman–Crippen LogP) is 2.64. The molecule has 8 nitrogen and oxygen atoms in total. The maximum atomic E-state index is 12.2. The molecule has 0 saturated carbocycles. The van der Waals surface area contributed by atoms with Crippen molar-refractivity contribution >= 4 is 16.9 Å². The fourth-order valence-electron chi connectivity index (χ4n) is 3.64. The van der Waals surface area contributed by atoms with Crippen LogP contribution in [0.4, 0.5) is 0 Å². The van der Waals surface area contributed by atoms with Gasteiger partial charge in [-0.1, -0.05) is 12.1 Å². The van der Waals surface area contributed by atoms with Gasteiger partial charge < -0.3 is 14.8 Å². The first-order valence-corrected chi connectivity index (χ1v) is 10.2. The number of piperidine rings is 1. The van der Waals surface area contributed by atoms with E-state index in [-0.39, 0.29) is 12.0 Å². The van der Waals surface area contributed by atoms with Crippen molar-refractivity contribution < 1.29 is 18.9 Å². The van der Waals surface area contributed by atoms with Gasteiger partial charge >= 0.3 is 0 Å². The van der Waals surface area contributed by atoms with Crippen molar-refractivity contribution in [3.63, 3.8) is 0 Å². The quantitative estimate of drug-likeness (QED) is 0.571. The SMILES string of the molecule is COCCNC(=O)c1cccc(OC2CCN(Cc3ccc4nonc4c3)CC2)c1. The minimum atomic E-state index is -0.119. The monoisotopic (exact) mass is 410 g/mol. The highest BCUT2D eigenvalue weighted by Gasteiger charge is 2.21. The molecule has 8 heteroatoms. The van der Waals surface area contributed by atoms with Crippen LogP contribution in [0.2, 0.25) is 0 Å². The number of ether oxygens (including phenoxy) is 2. The molecule has 0 radical (unpaired) electrons. The maximum absolute atomic E-state index is 12.2. The van der Waals surface area contributed by atoms with Crippen LogP contribution in [0.5, 0.6) is 5.75 Å². The molecule has 2 aromatic carbocycles. The van der Waals surface area contributed by atoms with Crippen molar-refractivity contribution in [1.82, 2.24) is 20.5 Å². The zero-order valence-corrected chi connectivity index (χ0v) is 17.0. The molecular formula is C22H26N4O4. The second-order valence-electron chi connectivity index (χ2n) is 7.46. The standard InChI is InChI=1S/C22H26N4O4/c1-28-12-9-23-22(27)17-3-2-4-19(14-17)29-18-7-10-26(11-8-18)15-16-5-6-20-21(13-16)25-30-24-20/h2-6,13-14,18H,7-12,15H2,1H3,(H,23,27). The normalized spacial score (nSPS) is 15.4. The van der Waals surface area contributed by atoms with Crippen LogP contribution < -0.4 is 10.1 Å². The van der Waals surface area contributed by atoms with Gasteiger partial charge in [-0.25, -0.2) is 4.63 Å². The minimum absolute atomic E-state index is 0.119. The first-order valence-electron chi connectivity index (χ1n) is 10.2. The highest BCUT2D eigenvalue weighted by molar-refractivity contribution is 5.94. The van der Waals surface area contributed by atoms with Crippen molar-refractivity contribution in [2.75, 3.05) is 33.4 Å².